The summed E-state index contributed by atoms with van der Waals surface area (Å²) in [5.41, 5.74) is 4.23. The van der Waals surface area contributed by atoms with E-state index in [9.17, 15) is 0 Å². The van der Waals surface area contributed by atoms with Crippen LogP contribution in [0.2, 0.25) is 0 Å². The zero-order valence-electron chi connectivity index (χ0n) is 16.2. The summed E-state index contributed by atoms with van der Waals surface area (Å²) in [6.07, 6.45) is 2.31. The fourth-order valence-corrected chi connectivity index (χ4v) is 4.31. The van der Waals surface area contributed by atoms with Gasteiger partial charge in [0.1, 0.15) is 0 Å². The first kappa shape index (κ1) is 18.1. The Balaban J connectivity index is 1.64. The molecule has 1 aliphatic heterocycles. The monoisotopic (exact) mass is 360 g/mol. The van der Waals surface area contributed by atoms with Gasteiger partial charge in [0.2, 0.25) is 0 Å². The van der Waals surface area contributed by atoms with Crippen LogP contribution >= 0.6 is 0 Å². The van der Waals surface area contributed by atoms with Crippen molar-refractivity contribution in [2.45, 2.75) is 32.3 Å². The maximum atomic E-state index is 6.31. The number of piperidine rings is 1. The van der Waals surface area contributed by atoms with Crippen molar-refractivity contribution in [2.75, 3.05) is 19.7 Å². The van der Waals surface area contributed by atoms with E-state index in [4.69, 9.17) is 9.72 Å². The van der Waals surface area contributed by atoms with Gasteiger partial charge in [0.15, 0.2) is 0 Å². The minimum Gasteiger partial charge on any atom is -0.371 e. The fraction of sp³-hybridized carbons (Fsp3) is 0.375. The second-order valence-electron chi connectivity index (χ2n) is 7.53. The summed E-state index contributed by atoms with van der Waals surface area (Å²) >= 11 is 0. The van der Waals surface area contributed by atoms with Gasteiger partial charge in [-0.15, -0.1) is 0 Å². The van der Waals surface area contributed by atoms with Gasteiger partial charge < -0.3 is 10.1 Å². The summed E-state index contributed by atoms with van der Waals surface area (Å²) in [5.74, 6) is 0.545. The number of hydrogen-bond acceptors (Lipinski definition) is 3. The number of rotatable bonds is 5. The molecule has 3 nitrogen and oxygen atoms in total. The first-order valence-corrected chi connectivity index (χ1v) is 10.0. The summed E-state index contributed by atoms with van der Waals surface area (Å²) in [5, 5.41) is 4.64. The van der Waals surface area contributed by atoms with E-state index in [0.29, 0.717) is 5.92 Å². The average molecular weight is 361 g/mol. The maximum absolute atomic E-state index is 6.31. The van der Waals surface area contributed by atoms with Crippen LogP contribution in [0.1, 0.15) is 32.3 Å². The lowest BCUT2D eigenvalue weighted by atomic mass is 9.77. The Kier molecular flexibility index (Phi) is 5.24. The largest absolute Gasteiger partial charge is 0.371 e. The molecule has 1 atom stereocenters. The standard InChI is InChI=1S/C24H28N2O/c1-3-27-24(2,21-14-16-25-17-15-21)20-11-8-19(9-12-20)23-13-10-18-6-4-5-7-22(18)26-23/h4-13,21,25H,3,14-17H2,1-2H3. The molecule has 0 amide bonds. The van der Waals surface area contributed by atoms with Gasteiger partial charge in [-0.1, -0.05) is 48.5 Å². The molecule has 1 saturated heterocycles. The van der Waals surface area contributed by atoms with Crippen LogP contribution in [0.15, 0.2) is 60.7 Å². The Hall–Kier alpha value is -2.23. The highest BCUT2D eigenvalue weighted by Crippen LogP contribution is 2.39. The Morgan fingerprint density at radius 1 is 1.00 bits per heavy atom. The fourth-order valence-electron chi connectivity index (χ4n) is 4.31. The van der Waals surface area contributed by atoms with Crippen LogP contribution in [0.5, 0.6) is 0 Å². The Morgan fingerprint density at radius 3 is 2.48 bits per heavy atom. The normalized spacial score (nSPS) is 17.7. The topological polar surface area (TPSA) is 34.1 Å². The number of benzene rings is 2. The molecule has 0 radical (unpaired) electrons. The highest BCUT2D eigenvalue weighted by molar-refractivity contribution is 5.81. The van der Waals surface area contributed by atoms with E-state index >= 15 is 0 Å². The molecule has 3 aromatic rings. The smallest absolute Gasteiger partial charge is 0.0932 e. The predicted molar refractivity (Wildman–Crippen MR) is 112 cm³/mol. The second kappa shape index (κ2) is 7.79. The number of aromatic nitrogens is 1. The summed E-state index contributed by atoms with van der Waals surface area (Å²) in [4.78, 5) is 4.82. The van der Waals surface area contributed by atoms with Gasteiger partial charge in [-0.2, -0.15) is 0 Å². The molecule has 140 valence electrons. The molecule has 1 aliphatic rings. The number of nitrogens with one attached hydrogen (secondary N) is 1. The number of ether oxygens (including phenoxy) is 1. The number of fused-ring (bicyclic) bond motifs is 1. The lowest BCUT2D eigenvalue weighted by Crippen LogP contribution is -2.41. The van der Waals surface area contributed by atoms with Crippen molar-refractivity contribution in [1.29, 1.82) is 0 Å². The quantitative estimate of drug-likeness (QED) is 0.683. The molecule has 1 N–H and O–H groups in total. The third kappa shape index (κ3) is 3.62. The molecule has 0 bridgehead atoms. The van der Waals surface area contributed by atoms with Crippen molar-refractivity contribution in [1.82, 2.24) is 10.3 Å². The summed E-state index contributed by atoms with van der Waals surface area (Å²) < 4.78 is 6.31. The molecule has 4 rings (SSSR count). The minimum absolute atomic E-state index is 0.230. The molecular formula is C24H28N2O. The van der Waals surface area contributed by atoms with Gasteiger partial charge in [-0.05, 0) is 63.4 Å². The average Bonchev–Trinajstić information content (AvgIpc) is 2.74. The molecule has 1 fully saturated rings. The predicted octanol–water partition coefficient (Wildman–Crippen LogP) is 5.15. The molecule has 0 saturated carbocycles. The van der Waals surface area contributed by atoms with Crippen molar-refractivity contribution in [3.63, 3.8) is 0 Å². The summed E-state index contributed by atoms with van der Waals surface area (Å²) in [7, 11) is 0. The molecule has 2 heterocycles. The molecule has 2 aromatic carbocycles. The van der Waals surface area contributed by atoms with Gasteiger partial charge in [-0.3, -0.25) is 0 Å². The van der Waals surface area contributed by atoms with Crippen molar-refractivity contribution in [2.24, 2.45) is 5.92 Å². The van der Waals surface area contributed by atoms with Crippen LogP contribution in [0.3, 0.4) is 0 Å². The molecular weight excluding hydrogens is 332 g/mol. The first-order valence-electron chi connectivity index (χ1n) is 10.0. The van der Waals surface area contributed by atoms with Crippen LogP contribution < -0.4 is 5.32 Å². The lowest BCUT2D eigenvalue weighted by molar-refractivity contribution is -0.0827. The van der Waals surface area contributed by atoms with Gasteiger partial charge in [0.05, 0.1) is 16.8 Å². The number of para-hydroxylation sites is 1. The van der Waals surface area contributed by atoms with Gasteiger partial charge >= 0.3 is 0 Å². The third-order valence-electron chi connectivity index (χ3n) is 5.91. The van der Waals surface area contributed by atoms with E-state index in [0.717, 1.165) is 49.3 Å². The van der Waals surface area contributed by atoms with Crippen molar-refractivity contribution < 1.29 is 4.74 Å². The van der Waals surface area contributed by atoms with Crippen LogP contribution in [0.25, 0.3) is 22.2 Å². The molecule has 3 heteroatoms. The van der Waals surface area contributed by atoms with Crippen LogP contribution in [0.4, 0.5) is 0 Å². The lowest BCUT2D eigenvalue weighted by Gasteiger charge is -2.40. The van der Waals surface area contributed by atoms with E-state index in [1.807, 2.05) is 12.1 Å². The Morgan fingerprint density at radius 2 is 1.74 bits per heavy atom. The van der Waals surface area contributed by atoms with E-state index in [1.165, 1.54) is 10.9 Å². The third-order valence-corrected chi connectivity index (χ3v) is 5.91. The Labute approximate surface area is 161 Å². The zero-order valence-corrected chi connectivity index (χ0v) is 16.2. The van der Waals surface area contributed by atoms with Crippen LogP contribution in [0, 0.1) is 5.92 Å². The molecule has 1 aromatic heterocycles. The zero-order chi connectivity index (χ0) is 18.7. The van der Waals surface area contributed by atoms with Crippen molar-refractivity contribution in [3.05, 3.63) is 66.2 Å². The van der Waals surface area contributed by atoms with Crippen molar-refractivity contribution in [3.8, 4) is 11.3 Å². The van der Waals surface area contributed by atoms with E-state index < -0.39 is 0 Å². The number of pyridine rings is 1. The van der Waals surface area contributed by atoms with Gasteiger partial charge in [0, 0.05) is 17.6 Å². The molecule has 27 heavy (non-hydrogen) atoms. The number of nitrogens with zero attached hydrogens (tertiary/aromatic N) is 1. The second-order valence-corrected chi connectivity index (χ2v) is 7.53. The summed E-state index contributed by atoms with van der Waals surface area (Å²) in [6, 6.07) is 21.3. The molecule has 1 unspecified atom stereocenters. The highest BCUT2D eigenvalue weighted by Gasteiger charge is 2.37. The molecule has 0 aliphatic carbocycles. The Bertz CT molecular complexity index is 900. The van der Waals surface area contributed by atoms with Gasteiger partial charge in [-0.25, -0.2) is 4.98 Å². The number of hydrogen-bond donors (Lipinski definition) is 1. The van der Waals surface area contributed by atoms with E-state index in [-0.39, 0.29) is 5.60 Å². The minimum atomic E-state index is -0.230. The summed E-state index contributed by atoms with van der Waals surface area (Å²) in [6.45, 7) is 7.23. The SMILES string of the molecule is CCOC(C)(c1ccc(-c2ccc3ccccc3n2)cc1)C1CCNCC1. The van der Waals surface area contributed by atoms with E-state index in [1.54, 1.807) is 0 Å². The highest BCUT2D eigenvalue weighted by atomic mass is 16.5. The molecule has 0 spiro atoms. The maximum Gasteiger partial charge on any atom is 0.0932 e. The van der Waals surface area contributed by atoms with E-state index in [2.05, 4.69) is 67.7 Å². The van der Waals surface area contributed by atoms with Crippen molar-refractivity contribution >= 4 is 10.9 Å². The van der Waals surface area contributed by atoms with Crippen LogP contribution in [-0.2, 0) is 10.3 Å². The van der Waals surface area contributed by atoms with Crippen LogP contribution in [-0.4, -0.2) is 24.7 Å². The van der Waals surface area contributed by atoms with Gasteiger partial charge in [0.25, 0.3) is 0 Å². The first-order chi connectivity index (χ1) is 13.2.